The third kappa shape index (κ3) is 0.727. The van der Waals surface area contributed by atoms with Crippen molar-refractivity contribution >= 4 is 6.08 Å². The largest absolute Gasteiger partial charge is 0.402 e. The van der Waals surface area contributed by atoms with E-state index in [9.17, 15) is 0 Å². The van der Waals surface area contributed by atoms with Gasteiger partial charge in [0.15, 0.2) is 0 Å². The van der Waals surface area contributed by atoms with Crippen LogP contribution in [-0.4, -0.2) is 4.98 Å². The first kappa shape index (κ1) is 5.59. The van der Waals surface area contributed by atoms with Gasteiger partial charge in [0.05, 0.1) is 0 Å². The van der Waals surface area contributed by atoms with Gasteiger partial charge in [-0.25, -0.2) is 0 Å². The van der Waals surface area contributed by atoms with E-state index < -0.39 is 0 Å². The molecule has 3 N–H and O–H groups in total. The zero-order valence-electron chi connectivity index (χ0n) is 5.72. The van der Waals surface area contributed by atoms with Gasteiger partial charge < -0.3 is 10.7 Å². The number of fused-ring (bicyclic) bond motifs is 1. The van der Waals surface area contributed by atoms with E-state index in [0.717, 1.165) is 18.5 Å². The molecule has 0 aromatic carbocycles. The minimum absolute atomic E-state index is 0.993. The number of rotatable bonds is 0. The number of aromatic nitrogens is 1. The molecule has 0 fully saturated rings. The number of H-pyrrole nitrogens is 1. The highest BCUT2D eigenvalue weighted by molar-refractivity contribution is 5.57. The molecule has 10 heavy (non-hydrogen) atoms. The van der Waals surface area contributed by atoms with Crippen LogP contribution >= 0.6 is 0 Å². The number of aryl methyl sites for hydroxylation is 1. The Morgan fingerprint density at radius 3 is 3.20 bits per heavy atom. The number of hydrogen-bond donors (Lipinski definition) is 2. The van der Waals surface area contributed by atoms with Crippen molar-refractivity contribution in [2.24, 2.45) is 5.73 Å². The lowest BCUT2D eigenvalue weighted by atomic mass is 10.0. The standard InChI is InChI=1S/C8H10N2/c9-7-1-2-8-6(5-7)3-4-10-8/h3-5,10H,1-2,9H2. The van der Waals surface area contributed by atoms with Crippen molar-refractivity contribution in [2.75, 3.05) is 0 Å². The maximum Gasteiger partial charge on any atom is 0.0225 e. The summed E-state index contributed by atoms with van der Waals surface area (Å²) in [6, 6.07) is 2.06. The molecule has 0 aliphatic heterocycles. The smallest absolute Gasteiger partial charge is 0.0225 e. The van der Waals surface area contributed by atoms with Crippen molar-refractivity contribution in [3.8, 4) is 0 Å². The molecule has 0 amide bonds. The average molecular weight is 134 g/mol. The lowest BCUT2D eigenvalue weighted by Gasteiger charge is -2.08. The SMILES string of the molecule is NC1=Cc2cc[nH]c2CC1. The summed E-state index contributed by atoms with van der Waals surface area (Å²) in [6.45, 7) is 0. The van der Waals surface area contributed by atoms with Crippen LogP contribution in [0.3, 0.4) is 0 Å². The molecule has 2 heteroatoms. The van der Waals surface area contributed by atoms with E-state index in [1.54, 1.807) is 0 Å². The summed E-state index contributed by atoms with van der Waals surface area (Å²) in [5.41, 5.74) is 9.22. The first-order chi connectivity index (χ1) is 4.86. The maximum atomic E-state index is 5.66. The molecule has 1 aliphatic carbocycles. The normalized spacial score (nSPS) is 16.2. The van der Waals surface area contributed by atoms with E-state index in [0.29, 0.717) is 0 Å². The van der Waals surface area contributed by atoms with Crippen molar-refractivity contribution in [1.29, 1.82) is 0 Å². The summed E-state index contributed by atoms with van der Waals surface area (Å²) < 4.78 is 0. The lowest BCUT2D eigenvalue weighted by Crippen LogP contribution is -2.04. The highest BCUT2D eigenvalue weighted by atomic mass is 14.7. The molecule has 2 nitrogen and oxygen atoms in total. The van der Waals surface area contributed by atoms with E-state index in [4.69, 9.17) is 5.73 Å². The van der Waals surface area contributed by atoms with Crippen molar-refractivity contribution < 1.29 is 0 Å². The first-order valence-electron chi connectivity index (χ1n) is 3.48. The van der Waals surface area contributed by atoms with Gasteiger partial charge in [-0.2, -0.15) is 0 Å². The van der Waals surface area contributed by atoms with Gasteiger partial charge in [-0.15, -0.1) is 0 Å². The van der Waals surface area contributed by atoms with Crippen LogP contribution in [0.5, 0.6) is 0 Å². The Morgan fingerprint density at radius 2 is 2.30 bits per heavy atom. The molecule has 1 heterocycles. The van der Waals surface area contributed by atoms with Crippen LogP contribution in [0.4, 0.5) is 0 Å². The van der Waals surface area contributed by atoms with Crippen molar-refractivity contribution in [3.05, 3.63) is 29.2 Å². The quantitative estimate of drug-likeness (QED) is 0.551. The first-order valence-corrected chi connectivity index (χ1v) is 3.48. The Hall–Kier alpha value is -1.18. The zero-order valence-corrected chi connectivity index (χ0v) is 5.72. The van der Waals surface area contributed by atoms with Crippen LogP contribution in [0.1, 0.15) is 17.7 Å². The van der Waals surface area contributed by atoms with Gasteiger partial charge in [-0.1, -0.05) is 0 Å². The lowest BCUT2D eigenvalue weighted by molar-refractivity contribution is 0.886. The molecule has 2 rings (SSSR count). The average Bonchev–Trinajstić information content (AvgIpc) is 2.33. The topological polar surface area (TPSA) is 41.8 Å². The van der Waals surface area contributed by atoms with E-state index >= 15 is 0 Å². The van der Waals surface area contributed by atoms with Gasteiger partial charge in [0.25, 0.3) is 0 Å². The van der Waals surface area contributed by atoms with Crippen LogP contribution in [0, 0.1) is 0 Å². The van der Waals surface area contributed by atoms with Gasteiger partial charge in [0, 0.05) is 17.6 Å². The van der Waals surface area contributed by atoms with Gasteiger partial charge in [0.1, 0.15) is 0 Å². The molecular weight excluding hydrogens is 124 g/mol. The monoisotopic (exact) mass is 134 g/mol. The molecular formula is C8H10N2. The predicted molar refractivity (Wildman–Crippen MR) is 41.3 cm³/mol. The summed E-state index contributed by atoms with van der Waals surface area (Å²) in [4.78, 5) is 3.18. The highest BCUT2D eigenvalue weighted by Crippen LogP contribution is 2.19. The molecule has 1 aromatic rings. The summed E-state index contributed by atoms with van der Waals surface area (Å²) in [5.74, 6) is 0. The molecule has 52 valence electrons. The van der Waals surface area contributed by atoms with Crippen LogP contribution in [0.2, 0.25) is 0 Å². The summed E-state index contributed by atoms with van der Waals surface area (Å²) in [7, 11) is 0. The summed E-state index contributed by atoms with van der Waals surface area (Å²) >= 11 is 0. The fourth-order valence-corrected chi connectivity index (χ4v) is 1.31. The number of nitrogens with two attached hydrogens (primary N) is 1. The number of allylic oxidation sites excluding steroid dienone is 1. The zero-order chi connectivity index (χ0) is 6.97. The molecule has 0 saturated heterocycles. The predicted octanol–water partition coefficient (Wildman–Crippen LogP) is 1.26. The van der Waals surface area contributed by atoms with E-state index in [1.807, 2.05) is 12.3 Å². The Labute approximate surface area is 59.7 Å². The second-order valence-corrected chi connectivity index (χ2v) is 2.63. The van der Waals surface area contributed by atoms with Crippen LogP contribution < -0.4 is 5.73 Å². The summed E-state index contributed by atoms with van der Waals surface area (Å²) in [5, 5.41) is 0. The number of hydrogen-bond acceptors (Lipinski definition) is 1. The van der Waals surface area contributed by atoms with Crippen LogP contribution in [-0.2, 0) is 6.42 Å². The Bertz CT molecular complexity index is 271. The molecule has 0 bridgehead atoms. The van der Waals surface area contributed by atoms with Crippen LogP contribution in [0.25, 0.3) is 6.08 Å². The van der Waals surface area contributed by atoms with Crippen LogP contribution in [0.15, 0.2) is 18.0 Å². The van der Waals surface area contributed by atoms with Gasteiger partial charge in [-0.3, -0.25) is 0 Å². The maximum absolute atomic E-state index is 5.66. The highest BCUT2D eigenvalue weighted by Gasteiger charge is 2.07. The molecule has 1 aliphatic rings. The summed E-state index contributed by atoms with van der Waals surface area (Å²) in [6.07, 6.45) is 6.05. The second kappa shape index (κ2) is 1.90. The molecule has 0 saturated carbocycles. The van der Waals surface area contributed by atoms with Gasteiger partial charge >= 0.3 is 0 Å². The molecule has 0 radical (unpaired) electrons. The van der Waals surface area contributed by atoms with Crippen molar-refractivity contribution in [3.63, 3.8) is 0 Å². The Kier molecular flexibility index (Phi) is 1.07. The van der Waals surface area contributed by atoms with E-state index in [2.05, 4.69) is 11.1 Å². The molecule has 0 unspecified atom stereocenters. The molecule has 0 spiro atoms. The fourth-order valence-electron chi connectivity index (χ4n) is 1.31. The Morgan fingerprint density at radius 1 is 1.40 bits per heavy atom. The number of nitrogens with one attached hydrogen (secondary N) is 1. The molecule has 0 atom stereocenters. The fraction of sp³-hybridized carbons (Fsp3) is 0.250. The number of aromatic amines is 1. The minimum Gasteiger partial charge on any atom is -0.402 e. The van der Waals surface area contributed by atoms with E-state index in [1.165, 1.54) is 11.3 Å². The van der Waals surface area contributed by atoms with Crippen molar-refractivity contribution in [2.45, 2.75) is 12.8 Å². The van der Waals surface area contributed by atoms with Crippen molar-refractivity contribution in [1.82, 2.24) is 4.98 Å². The van der Waals surface area contributed by atoms with Gasteiger partial charge in [0.2, 0.25) is 0 Å². The second-order valence-electron chi connectivity index (χ2n) is 2.63. The minimum atomic E-state index is 0.993. The third-order valence-electron chi connectivity index (χ3n) is 1.87. The van der Waals surface area contributed by atoms with E-state index in [-0.39, 0.29) is 0 Å². The Balaban J connectivity index is 2.50. The molecule has 1 aromatic heterocycles. The van der Waals surface area contributed by atoms with Gasteiger partial charge in [-0.05, 0) is 30.5 Å². The third-order valence-corrected chi connectivity index (χ3v) is 1.87.